The maximum Gasteiger partial charge on any atom is 0.178 e. The van der Waals surface area contributed by atoms with E-state index < -0.39 is 0 Å². The average Bonchev–Trinajstić information content (AvgIpc) is 2.56. The smallest absolute Gasteiger partial charge is 0.178 e. The van der Waals surface area contributed by atoms with E-state index in [4.69, 9.17) is 0 Å². The molecule has 2 aromatic carbocycles. The molecule has 0 bridgehead atoms. The zero-order valence-electron chi connectivity index (χ0n) is 11.8. The van der Waals surface area contributed by atoms with Crippen molar-refractivity contribution in [2.75, 3.05) is 0 Å². The van der Waals surface area contributed by atoms with Crippen LogP contribution in [0.5, 0.6) is 0 Å². The van der Waals surface area contributed by atoms with E-state index in [9.17, 15) is 4.79 Å². The molecule has 0 amide bonds. The summed E-state index contributed by atoms with van der Waals surface area (Å²) in [5.41, 5.74) is 4.42. The summed E-state index contributed by atoms with van der Waals surface area (Å²) in [6.45, 7) is 1.55. The minimum atomic E-state index is -0.0232. The first-order valence-electron chi connectivity index (χ1n) is 6.88. The molecule has 0 saturated heterocycles. The first kappa shape index (κ1) is 13.3. The van der Waals surface area contributed by atoms with Crippen LogP contribution >= 0.6 is 0 Å². The Bertz CT molecular complexity index is 706. The molecule has 0 aliphatic carbocycles. The van der Waals surface area contributed by atoms with Crippen molar-refractivity contribution in [1.82, 2.24) is 4.98 Å². The lowest BCUT2D eigenvalue weighted by Crippen LogP contribution is -1.99. The van der Waals surface area contributed by atoms with Crippen molar-refractivity contribution in [3.05, 3.63) is 78.5 Å². The van der Waals surface area contributed by atoms with E-state index in [-0.39, 0.29) is 5.78 Å². The van der Waals surface area contributed by atoms with Gasteiger partial charge in [-0.1, -0.05) is 60.7 Å². The monoisotopic (exact) mass is 273 g/mol. The molecule has 0 saturated carbocycles. The zero-order valence-corrected chi connectivity index (χ0v) is 11.8. The SMILES string of the molecule is CC(=O)c1cc(-c2ccccc2)cc(-c2ccccc2)n1. The number of ketones is 1. The Morgan fingerprint density at radius 2 is 1.33 bits per heavy atom. The minimum Gasteiger partial charge on any atom is -0.293 e. The van der Waals surface area contributed by atoms with Gasteiger partial charge in [-0.05, 0) is 23.3 Å². The lowest BCUT2D eigenvalue weighted by atomic mass is 10.0. The molecule has 0 radical (unpaired) electrons. The van der Waals surface area contributed by atoms with Crippen LogP contribution < -0.4 is 0 Å². The van der Waals surface area contributed by atoms with Gasteiger partial charge in [0.15, 0.2) is 5.78 Å². The fraction of sp³-hybridized carbons (Fsp3) is 0.0526. The van der Waals surface area contributed by atoms with Crippen molar-refractivity contribution in [3.8, 4) is 22.4 Å². The van der Waals surface area contributed by atoms with Gasteiger partial charge in [0, 0.05) is 12.5 Å². The number of carbonyl (C=O) groups excluding carboxylic acids is 1. The lowest BCUT2D eigenvalue weighted by molar-refractivity contribution is 0.101. The summed E-state index contributed by atoms with van der Waals surface area (Å²) in [7, 11) is 0. The van der Waals surface area contributed by atoms with Crippen molar-refractivity contribution < 1.29 is 4.79 Å². The molecular formula is C19H15NO. The Morgan fingerprint density at radius 3 is 1.90 bits per heavy atom. The molecule has 0 aliphatic heterocycles. The minimum absolute atomic E-state index is 0.0232. The first-order chi connectivity index (χ1) is 10.2. The number of pyridine rings is 1. The van der Waals surface area contributed by atoms with Crippen molar-refractivity contribution in [2.24, 2.45) is 0 Å². The Kier molecular flexibility index (Phi) is 3.61. The molecule has 0 spiro atoms. The molecule has 102 valence electrons. The van der Waals surface area contributed by atoms with Crippen molar-refractivity contribution in [1.29, 1.82) is 0 Å². The highest BCUT2D eigenvalue weighted by Crippen LogP contribution is 2.26. The quantitative estimate of drug-likeness (QED) is 0.652. The third-order valence-corrected chi connectivity index (χ3v) is 3.36. The van der Waals surface area contributed by atoms with E-state index in [2.05, 4.69) is 4.98 Å². The second kappa shape index (κ2) is 5.71. The van der Waals surface area contributed by atoms with Crippen LogP contribution in [0.3, 0.4) is 0 Å². The number of hydrogen-bond donors (Lipinski definition) is 0. The molecule has 1 heterocycles. The highest BCUT2D eigenvalue weighted by atomic mass is 16.1. The fourth-order valence-corrected chi connectivity index (χ4v) is 2.26. The summed E-state index contributed by atoms with van der Waals surface area (Å²) >= 11 is 0. The van der Waals surface area contributed by atoms with Gasteiger partial charge in [0.05, 0.1) is 5.69 Å². The van der Waals surface area contributed by atoms with Gasteiger partial charge in [-0.2, -0.15) is 0 Å². The van der Waals surface area contributed by atoms with Gasteiger partial charge in [-0.25, -0.2) is 4.98 Å². The summed E-state index contributed by atoms with van der Waals surface area (Å²) in [6, 6.07) is 23.8. The molecule has 3 rings (SSSR count). The molecule has 0 fully saturated rings. The van der Waals surface area contributed by atoms with E-state index >= 15 is 0 Å². The summed E-state index contributed by atoms with van der Waals surface area (Å²) in [4.78, 5) is 16.2. The predicted molar refractivity (Wildman–Crippen MR) is 85.1 cm³/mol. The third-order valence-electron chi connectivity index (χ3n) is 3.36. The van der Waals surface area contributed by atoms with Crippen molar-refractivity contribution in [3.63, 3.8) is 0 Å². The normalized spacial score (nSPS) is 10.3. The summed E-state index contributed by atoms with van der Waals surface area (Å²) in [6.07, 6.45) is 0. The van der Waals surface area contributed by atoms with Crippen LogP contribution in [0.4, 0.5) is 0 Å². The van der Waals surface area contributed by atoms with Crippen LogP contribution in [0.25, 0.3) is 22.4 Å². The Balaban J connectivity index is 2.18. The largest absolute Gasteiger partial charge is 0.293 e. The van der Waals surface area contributed by atoms with Crippen molar-refractivity contribution in [2.45, 2.75) is 6.92 Å². The number of aromatic nitrogens is 1. The van der Waals surface area contributed by atoms with Crippen LogP contribution in [-0.2, 0) is 0 Å². The second-order valence-corrected chi connectivity index (χ2v) is 4.91. The number of benzene rings is 2. The van der Waals surface area contributed by atoms with Gasteiger partial charge < -0.3 is 0 Å². The lowest BCUT2D eigenvalue weighted by Gasteiger charge is -2.08. The number of Topliss-reactive ketones (excluding diaryl/α,β-unsaturated/α-hetero) is 1. The van der Waals surface area contributed by atoms with Gasteiger partial charge >= 0.3 is 0 Å². The molecule has 0 N–H and O–H groups in total. The fourth-order valence-electron chi connectivity index (χ4n) is 2.26. The van der Waals surface area contributed by atoms with Crippen LogP contribution in [0.2, 0.25) is 0 Å². The molecule has 1 aromatic heterocycles. The predicted octanol–water partition coefficient (Wildman–Crippen LogP) is 4.62. The first-order valence-corrected chi connectivity index (χ1v) is 6.88. The van der Waals surface area contributed by atoms with E-state index in [1.807, 2.05) is 72.8 Å². The molecule has 0 unspecified atom stereocenters. The van der Waals surface area contributed by atoms with Gasteiger partial charge in [-0.3, -0.25) is 4.79 Å². The van der Waals surface area contributed by atoms with E-state index in [0.29, 0.717) is 5.69 Å². The number of rotatable bonds is 3. The summed E-state index contributed by atoms with van der Waals surface area (Å²) in [5.74, 6) is -0.0232. The molecule has 3 aromatic rings. The maximum atomic E-state index is 11.7. The molecule has 21 heavy (non-hydrogen) atoms. The number of hydrogen-bond acceptors (Lipinski definition) is 2. The van der Waals surface area contributed by atoms with Crippen LogP contribution in [0.1, 0.15) is 17.4 Å². The van der Waals surface area contributed by atoms with E-state index in [0.717, 1.165) is 22.4 Å². The third kappa shape index (κ3) is 2.90. The standard InChI is InChI=1S/C19H15NO/c1-14(21)18-12-17(15-8-4-2-5-9-15)13-19(20-18)16-10-6-3-7-11-16/h2-13H,1H3. The summed E-state index contributed by atoms with van der Waals surface area (Å²) in [5, 5.41) is 0. The highest BCUT2D eigenvalue weighted by Gasteiger charge is 2.09. The Hall–Kier alpha value is -2.74. The topological polar surface area (TPSA) is 30.0 Å². The van der Waals surface area contributed by atoms with E-state index in [1.165, 1.54) is 0 Å². The van der Waals surface area contributed by atoms with Crippen molar-refractivity contribution >= 4 is 5.78 Å². The zero-order chi connectivity index (χ0) is 14.7. The summed E-state index contributed by atoms with van der Waals surface area (Å²) < 4.78 is 0. The number of nitrogens with zero attached hydrogens (tertiary/aromatic N) is 1. The van der Waals surface area contributed by atoms with Gasteiger partial charge in [-0.15, -0.1) is 0 Å². The molecule has 2 heteroatoms. The molecule has 0 atom stereocenters. The van der Waals surface area contributed by atoms with Crippen LogP contribution in [0.15, 0.2) is 72.8 Å². The Labute approximate surface area is 124 Å². The van der Waals surface area contributed by atoms with Gasteiger partial charge in [0.25, 0.3) is 0 Å². The number of carbonyl (C=O) groups is 1. The van der Waals surface area contributed by atoms with E-state index in [1.54, 1.807) is 6.92 Å². The molecule has 0 aliphatic rings. The van der Waals surface area contributed by atoms with Gasteiger partial charge in [0.1, 0.15) is 5.69 Å². The highest BCUT2D eigenvalue weighted by molar-refractivity contribution is 5.94. The van der Waals surface area contributed by atoms with Crippen LogP contribution in [0, 0.1) is 0 Å². The molecule has 2 nitrogen and oxygen atoms in total. The maximum absolute atomic E-state index is 11.7. The van der Waals surface area contributed by atoms with Gasteiger partial charge in [0.2, 0.25) is 0 Å². The average molecular weight is 273 g/mol. The Morgan fingerprint density at radius 1 is 0.762 bits per heavy atom. The van der Waals surface area contributed by atoms with Crippen LogP contribution in [-0.4, -0.2) is 10.8 Å². The second-order valence-electron chi connectivity index (χ2n) is 4.91. The molecular weight excluding hydrogens is 258 g/mol.